The Bertz CT molecular complexity index is 2970. The van der Waals surface area contributed by atoms with Crippen LogP contribution in [0.4, 0.5) is 0 Å². The number of rotatable bonds is 1. The van der Waals surface area contributed by atoms with Crippen molar-refractivity contribution in [1.29, 1.82) is 0 Å². The third kappa shape index (κ3) is 5.58. The summed E-state index contributed by atoms with van der Waals surface area (Å²) in [4.78, 5) is 50.4. The summed E-state index contributed by atoms with van der Waals surface area (Å²) in [5.41, 5.74) is 8.39. The van der Waals surface area contributed by atoms with Gasteiger partial charge >= 0.3 is 5.97 Å². The normalized spacial score (nSPS) is 13.0. The number of aromatic amines is 2. The second-order valence-electron chi connectivity index (χ2n) is 17.6. The van der Waals surface area contributed by atoms with E-state index in [1.807, 2.05) is 24.3 Å². The van der Waals surface area contributed by atoms with Gasteiger partial charge in [0.25, 0.3) is 0 Å². The van der Waals surface area contributed by atoms with Crippen molar-refractivity contribution in [3.05, 3.63) is 95.1 Å². The minimum Gasteiger partial charge on any atom is -0.478 e. The van der Waals surface area contributed by atoms with Crippen LogP contribution in [0.3, 0.4) is 0 Å². The number of fused-ring (bicyclic) bond motifs is 20. The first-order chi connectivity index (χ1) is 26.0. The minimum atomic E-state index is -1.04. The Labute approximate surface area is 318 Å². The number of H-pyrrole nitrogens is 2. The van der Waals surface area contributed by atoms with Gasteiger partial charge in [-0.25, -0.2) is 34.7 Å². The predicted molar refractivity (Wildman–Crippen MR) is 219 cm³/mol. The van der Waals surface area contributed by atoms with E-state index >= 15 is 0 Å². The van der Waals surface area contributed by atoms with Crippen LogP contribution in [-0.2, 0) is 16.2 Å². The number of benzene rings is 4. The van der Waals surface area contributed by atoms with Gasteiger partial charge in [0.05, 0.1) is 5.56 Å². The van der Waals surface area contributed by atoms with E-state index in [4.69, 9.17) is 29.9 Å². The molecular formula is C45H42N8O2. The van der Waals surface area contributed by atoms with Crippen molar-refractivity contribution in [3.63, 3.8) is 0 Å². The number of aromatic nitrogens is 8. The SMILES string of the molecule is CC(C)(C)c1ccc2c(c1)-c1nc-2nc2[nH]c(nc3nc(nc4[nH]c(n1)c1c(C(C)(C)C)cccc41)-c1cc(C(=O)O)ccc1-3)c1cccc(C(C)(C)C)c21. The summed E-state index contributed by atoms with van der Waals surface area (Å²) in [7, 11) is 0. The third-order valence-electron chi connectivity index (χ3n) is 10.6. The van der Waals surface area contributed by atoms with Gasteiger partial charge in [0.2, 0.25) is 0 Å². The van der Waals surface area contributed by atoms with Crippen LogP contribution < -0.4 is 0 Å². The molecule has 0 unspecified atom stereocenters. The summed E-state index contributed by atoms with van der Waals surface area (Å²) in [6.45, 7) is 19.7. The first kappa shape index (κ1) is 34.5. The lowest BCUT2D eigenvalue weighted by molar-refractivity contribution is 0.0697. The first-order valence-electron chi connectivity index (χ1n) is 18.6. The molecule has 0 radical (unpaired) electrons. The smallest absolute Gasteiger partial charge is 0.335 e. The molecule has 0 aliphatic carbocycles. The third-order valence-corrected chi connectivity index (χ3v) is 10.6. The molecule has 2 aliphatic heterocycles. The maximum Gasteiger partial charge on any atom is 0.335 e. The second kappa shape index (κ2) is 11.6. The Morgan fingerprint density at radius 1 is 0.491 bits per heavy atom. The van der Waals surface area contributed by atoms with Crippen molar-refractivity contribution >= 4 is 50.1 Å². The quantitative estimate of drug-likeness (QED) is 0.151. The number of nitrogens with one attached hydrogen (secondary N) is 2. The lowest BCUT2D eigenvalue weighted by Gasteiger charge is -2.20. The maximum absolute atomic E-state index is 12.2. The molecule has 10 heteroatoms. The molecule has 0 fully saturated rings. The molecule has 0 saturated carbocycles. The van der Waals surface area contributed by atoms with Crippen molar-refractivity contribution in [1.82, 2.24) is 39.9 Å². The Kier molecular flexibility index (Phi) is 7.27. The van der Waals surface area contributed by atoms with Crippen LogP contribution in [0, 0.1) is 0 Å². The van der Waals surface area contributed by atoms with Crippen LogP contribution in [0.25, 0.3) is 89.7 Å². The van der Waals surface area contributed by atoms with E-state index in [1.54, 1.807) is 18.2 Å². The zero-order chi connectivity index (χ0) is 38.8. The lowest BCUT2D eigenvalue weighted by atomic mass is 9.84. The van der Waals surface area contributed by atoms with Gasteiger partial charge in [0.1, 0.15) is 22.6 Å². The van der Waals surface area contributed by atoms with Crippen LogP contribution in [0.5, 0.6) is 0 Å². The molecule has 0 amide bonds. The fourth-order valence-corrected chi connectivity index (χ4v) is 7.74. The zero-order valence-corrected chi connectivity index (χ0v) is 32.5. The Morgan fingerprint density at radius 2 is 0.927 bits per heavy atom. The largest absolute Gasteiger partial charge is 0.478 e. The van der Waals surface area contributed by atoms with Crippen LogP contribution in [0.15, 0.2) is 72.8 Å². The highest BCUT2D eigenvalue weighted by molar-refractivity contribution is 6.09. The highest BCUT2D eigenvalue weighted by Crippen LogP contribution is 2.41. The molecule has 4 aromatic carbocycles. The van der Waals surface area contributed by atoms with Crippen LogP contribution in [0.1, 0.15) is 89.4 Å². The van der Waals surface area contributed by atoms with Crippen molar-refractivity contribution in [2.75, 3.05) is 0 Å². The monoisotopic (exact) mass is 726 g/mol. The summed E-state index contributed by atoms with van der Waals surface area (Å²) in [6.07, 6.45) is 0. The van der Waals surface area contributed by atoms with E-state index in [9.17, 15) is 9.90 Å². The summed E-state index contributed by atoms with van der Waals surface area (Å²) < 4.78 is 0. The van der Waals surface area contributed by atoms with Gasteiger partial charge in [0.15, 0.2) is 23.3 Å². The van der Waals surface area contributed by atoms with Gasteiger partial charge in [-0.2, -0.15) is 0 Å². The number of carbonyl (C=O) groups is 1. The number of carboxylic acid groups (broad SMARTS) is 1. The van der Waals surface area contributed by atoms with Crippen molar-refractivity contribution in [2.24, 2.45) is 0 Å². The average Bonchev–Trinajstić information content (AvgIpc) is 3.85. The van der Waals surface area contributed by atoms with Crippen LogP contribution >= 0.6 is 0 Å². The molecule has 9 rings (SSSR count). The average molecular weight is 727 g/mol. The van der Waals surface area contributed by atoms with Crippen molar-refractivity contribution in [3.8, 4) is 45.6 Å². The zero-order valence-electron chi connectivity index (χ0n) is 32.5. The summed E-state index contributed by atoms with van der Waals surface area (Å²) in [6, 6.07) is 23.8. The first-order valence-corrected chi connectivity index (χ1v) is 18.6. The highest BCUT2D eigenvalue weighted by Gasteiger charge is 2.28. The predicted octanol–water partition coefficient (Wildman–Crippen LogP) is 10.5. The lowest BCUT2D eigenvalue weighted by Crippen LogP contribution is -2.11. The second-order valence-corrected chi connectivity index (χ2v) is 17.6. The Morgan fingerprint density at radius 3 is 1.38 bits per heavy atom. The fourth-order valence-electron chi connectivity index (χ4n) is 7.74. The Hall–Kier alpha value is -6.29. The number of nitrogens with zero attached hydrogens (tertiary/aromatic N) is 6. The minimum absolute atomic E-state index is 0.109. The molecule has 5 heterocycles. The number of aromatic carboxylic acids is 1. The fraction of sp³-hybridized carbons (Fsp3) is 0.267. The van der Waals surface area contributed by atoms with E-state index in [1.165, 1.54) is 0 Å². The molecule has 0 atom stereocenters. The van der Waals surface area contributed by atoms with Gasteiger partial charge < -0.3 is 15.1 Å². The van der Waals surface area contributed by atoms with Crippen molar-refractivity contribution < 1.29 is 9.90 Å². The summed E-state index contributed by atoms with van der Waals surface area (Å²) in [5, 5.41) is 13.6. The Balaban J connectivity index is 1.52. The van der Waals surface area contributed by atoms with E-state index < -0.39 is 5.97 Å². The van der Waals surface area contributed by atoms with Gasteiger partial charge in [0, 0.05) is 43.8 Å². The topological polar surface area (TPSA) is 146 Å². The maximum atomic E-state index is 12.2. The standard InChI is InChI=1S/C45H42N8O2/c1-43(2,3)23-17-19-25-29(21-23)39-48-35(25)50-40-32-26(12-10-14-30(32)44(4,5)6)36(51-40)46-34-24-18-16-22(42(54)55)20-28(24)38(47-34)49-37-27-13-11-15-31(45(7,8)9)33(27)41(52-37)53-39/h10-21H,1-9H3,(H,54,55)(H2,46,47,48,49,50,51,52,53). The number of hydrogen-bond acceptors (Lipinski definition) is 7. The molecule has 3 aromatic heterocycles. The van der Waals surface area contributed by atoms with Gasteiger partial charge in [-0.3, -0.25) is 0 Å². The van der Waals surface area contributed by atoms with E-state index in [2.05, 4.69) is 103 Å². The molecule has 55 heavy (non-hydrogen) atoms. The molecule has 2 aliphatic rings. The van der Waals surface area contributed by atoms with Crippen molar-refractivity contribution in [2.45, 2.75) is 78.6 Å². The van der Waals surface area contributed by atoms with Crippen LogP contribution in [0.2, 0.25) is 0 Å². The summed E-state index contributed by atoms with van der Waals surface area (Å²) >= 11 is 0. The van der Waals surface area contributed by atoms with E-state index in [0.29, 0.717) is 57.0 Å². The molecule has 274 valence electrons. The van der Waals surface area contributed by atoms with E-state index in [-0.39, 0.29) is 21.8 Å². The van der Waals surface area contributed by atoms with Crippen LogP contribution in [-0.4, -0.2) is 50.9 Å². The van der Waals surface area contributed by atoms with Gasteiger partial charge in [-0.15, -0.1) is 0 Å². The molecule has 8 bridgehead atoms. The van der Waals surface area contributed by atoms with E-state index in [0.717, 1.165) is 49.4 Å². The number of hydrogen-bond donors (Lipinski definition) is 3. The highest BCUT2D eigenvalue weighted by atomic mass is 16.4. The number of carboxylic acids is 1. The van der Waals surface area contributed by atoms with Gasteiger partial charge in [-0.05, 0) is 57.2 Å². The molecule has 7 aromatic rings. The summed E-state index contributed by atoms with van der Waals surface area (Å²) in [5.74, 6) is 0.833. The van der Waals surface area contributed by atoms with Gasteiger partial charge in [-0.1, -0.05) is 111 Å². The molecule has 0 spiro atoms. The molecule has 0 saturated heterocycles. The molecule has 10 nitrogen and oxygen atoms in total. The molecule has 3 N–H and O–H groups in total. The molecular weight excluding hydrogens is 685 g/mol.